The molecule has 4 rings (SSSR count). The number of hydrogen-bond donors (Lipinski definition) is 1. The van der Waals surface area contributed by atoms with Crippen LogP contribution in [0.1, 0.15) is 56.2 Å². The Morgan fingerprint density at radius 3 is 2.42 bits per heavy atom. The lowest BCUT2D eigenvalue weighted by Crippen LogP contribution is -2.22. The molecule has 0 spiro atoms. The largest absolute Gasteiger partial charge is 0.453 e. The van der Waals surface area contributed by atoms with Crippen molar-refractivity contribution >= 4 is 23.3 Å². The number of carbonyl (C=O) groups excluding carboxylic acids is 2. The van der Waals surface area contributed by atoms with E-state index in [4.69, 9.17) is 9.15 Å². The topological polar surface area (TPSA) is 124 Å². The number of ether oxygens (including phenoxy) is 1. The summed E-state index contributed by atoms with van der Waals surface area (Å²) < 4.78 is 11.3. The third-order valence-electron chi connectivity index (χ3n) is 5.38. The van der Waals surface area contributed by atoms with Crippen molar-refractivity contribution in [2.45, 2.75) is 33.1 Å². The highest BCUT2D eigenvalue weighted by Crippen LogP contribution is 2.30. The highest BCUT2D eigenvalue weighted by atomic mass is 16.6. The number of nitro benzene ring substituents is 1. The van der Waals surface area contributed by atoms with Crippen LogP contribution >= 0.6 is 0 Å². The van der Waals surface area contributed by atoms with Crippen LogP contribution in [-0.4, -0.2) is 22.5 Å². The van der Waals surface area contributed by atoms with Crippen molar-refractivity contribution < 1.29 is 23.7 Å². The Morgan fingerprint density at radius 2 is 1.76 bits per heavy atom. The summed E-state index contributed by atoms with van der Waals surface area (Å²) >= 11 is 0. The molecule has 0 unspecified atom stereocenters. The van der Waals surface area contributed by atoms with Crippen molar-refractivity contribution in [3.05, 3.63) is 92.4 Å². The third-order valence-corrected chi connectivity index (χ3v) is 5.38. The van der Waals surface area contributed by atoms with Gasteiger partial charge in [-0.1, -0.05) is 17.7 Å². The zero-order valence-electron chi connectivity index (χ0n) is 18.1. The first-order chi connectivity index (χ1) is 15.8. The number of nitrogens with zero attached hydrogens (tertiary/aromatic N) is 2. The molecule has 0 radical (unpaired) electrons. The Kier molecular flexibility index (Phi) is 6.03. The Bertz CT molecular complexity index is 1260. The minimum Gasteiger partial charge on any atom is -0.453 e. The summed E-state index contributed by atoms with van der Waals surface area (Å²) in [4.78, 5) is 35.4. The number of carbonyl (C=O) groups is 2. The van der Waals surface area contributed by atoms with E-state index in [0.29, 0.717) is 41.2 Å². The van der Waals surface area contributed by atoms with Crippen LogP contribution in [-0.2, 0) is 6.42 Å². The molecule has 0 saturated carbocycles. The molecular formula is C24H21N3O6. The van der Waals surface area contributed by atoms with E-state index in [1.54, 1.807) is 19.1 Å². The molecule has 2 aromatic carbocycles. The number of non-ortho nitro benzene ring substituents is 1. The SMILES string of the molecule is Cc1ccc(OC(=O)c2oc3c(c2C)/C(=N/NC(=O)c2ccc([N+](=O)[O-])cc2)CCC3)cc1. The Morgan fingerprint density at radius 1 is 1.06 bits per heavy atom. The maximum atomic E-state index is 12.7. The van der Waals surface area contributed by atoms with Crippen LogP contribution in [0.2, 0.25) is 0 Å². The number of nitrogens with one attached hydrogen (secondary N) is 1. The van der Waals surface area contributed by atoms with Crippen LogP contribution < -0.4 is 10.2 Å². The Hall–Kier alpha value is -4.27. The van der Waals surface area contributed by atoms with E-state index in [-0.39, 0.29) is 17.0 Å². The highest BCUT2D eigenvalue weighted by molar-refractivity contribution is 6.06. The van der Waals surface area contributed by atoms with Crippen molar-refractivity contribution in [3.8, 4) is 5.75 Å². The molecule has 0 atom stereocenters. The lowest BCUT2D eigenvalue weighted by Gasteiger charge is -2.13. The number of benzene rings is 2. The van der Waals surface area contributed by atoms with Crippen molar-refractivity contribution in [1.82, 2.24) is 5.43 Å². The summed E-state index contributed by atoms with van der Waals surface area (Å²) in [6, 6.07) is 12.4. The maximum Gasteiger partial charge on any atom is 0.379 e. The second-order valence-electron chi connectivity index (χ2n) is 7.71. The second kappa shape index (κ2) is 9.07. The van der Waals surface area contributed by atoms with Crippen molar-refractivity contribution in [2.24, 2.45) is 5.10 Å². The fourth-order valence-corrected chi connectivity index (χ4v) is 3.65. The fourth-order valence-electron chi connectivity index (χ4n) is 3.65. The normalized spacial score (nSPS) is 13.9. The van der Waals surface area contributed by atoms with Crippen LogP contribution in [0, 0.1) is 24.0 Å². The number of amides is 1. The summed E-state index contributed by atoms with van der Waals surface area (Å²) in [5.41, 5.74) is 5.58. The van der Waals surface area contributed by atoms with E-state index in [0.717, 1.165) is 12.0 Å². The van der Waals surface area contributed by atoms with E-state index >= 15 is 0 Å². The van der Waals surface area contributed by atoms with Crippen LogP contribution in [0.5, 0.6) is 5.75 Å². The molecular weight excluding hydrogens is 426 g/mol. The van der Waals surface area contributed by atoms with Crippen molar-refractivity contribution in [3.63, 3.8) is 0 Å². The number of esters is 1. The van der Waals surface area contributed by atoms with E-state index in [9.17, 15) is 19.7 Å². The molecule has 1 N–H and O–H groups in total. The van der Waals surface area contributed by atoms with Crippen molar-refractivity contribution in [1.29, 1.82) is 0 Å². The molecule has 0 bridgehead atoms. The first kappa shape index (κ1) is 21.9. The summed E-state index contributed by atoms with van der Waals surface area (Å²) in [7, 11) is 0. The van der Waals surface area contributed by atoms with Gasteiger partial charge in [0, 0.05) is 35.2 Å². The molecule has 9 heteroatoms. The first-order valence-electron chi connectivity index (χ1n) is 10.4. The van der Waals surface area contributed by atoms with Crippen LogP contribution in [0.15, 0.2) is 58.0 Å². The molecule has 0 aliphatic heterocycles. The van der Waals surface area contributed by atoms with E-state index in [2.05, 4.69) is 10.5 Å². The van der Waals surface area contributed by atoms with Crippen LogP contribution in [0.4, 0.5) is 5.69 Å². The number of fused-ring (bicyclic) bond motifs is 1. The van der Waals surface area contributed by atoms with Crippen LogP contribution in [0.3, 0.4) is 0 Å². The average Bonchev–Trinajstić information content (AvgIpc) is 3.16. The number of nitro groups is 1. The van der Waals surface area contributed by atoms with E-state index in [1.807, 2.05) is 19.1 Å². The van der Waals surface area contributed by atoms with Gasteiger partial charge in [-0.3, -0.25) is 14.9 Å². The van der Waals surface area contributed by atoms with Gasteiger partial charge in [-0.25, -0.2) is 10.2 Å². The number of furan rings is 1. The fraction of sp³-hybridized carbons (Fsp3) is 0.208. The van der Waals surface area contributed by atoms with Gasteiger partial charge in [0.1, 0.15) is 11.5 Å². The summed E-state index contributed by atoms with van der Waals surface area (Å²) in [6.45, 7) is 3.70. The summed E-state index contributed by atoms with van der Waals surface area (Å²) in [5, 5.41) is 15.0. The number of hydrazone groups is 1. The molecule has 1 aliphatic carbocycles. The highest BCUT2D eigenvalue weighted by Gasteiger charge is 2.29. The standard InChI is InChI=1S/C24H21N3O6/c1-14-6-12-18(13-7-14)32-24(29)22-15(2)21-19(4-3-5-20(21)33-22)25-26-23(28)16-8-10-17(11-9-16)27(30)31/h6-13H,3-5H2,1-2H3,(H,26,28)/b25-19+. The molecule has 3 aromatic rings. The molecule has 1 aliphatic rings. The first-order valence-corrected chi connectivity index (χ1v) is 10.4. The zero-order valence-corrected chi connectivity index (χ0v) is 18.1. The molecule has 0 saturated heterocycles. The predicted molar refractivity (Wildman–Crippen MR) is 120 cm³/mol. The smallest absolute Gasteiger partial charge is 0.379 e. The molecule has 1 heterocycles. The number of rotatable bonds is 5. The van der Waals surface area contributed by atoms with Gasteiger partial charge >= 0.3 is 5.97 Å². The lowest BCUT2D eigenvalue weighted by atomic mass is 9.93. The Balaban J connectivity index is 1.53. The van der Waals surface area contributed by atoms with E-state index in [1.165, 1.54) is 24.3 Å². The summed E-state index contributed by atoms with van der Waals surface area (Å²) in [6.07, 6.45) is 1.99. The minimum atomic E-state index is -0.597. The monoisotopic (exact) mass is 447 g/mol. The average molecular weight is 447 g/mol. The van der Waals surface area contributed by atoms with Gasteiger partial charge in [-0.15, -0.1) is 0 Å². The molecule has 168 valence electrons. The van der Waals surface area contributed by atoms with Gasteiger partial charge < -0.3 is 9.15 Å². The van der Waals surface area contributed by atoms with Crippen molar-refractivity contribution in [2.75, 3.05) is 0 Å². The minimum absolute atomic E-state index is 0.103. The quantitative estimate of drug-likeness (QED) is 0.266. The van der Waals surface area contributed by atoms with Gasteiger partial charge in [0.2, 0.25) is 5.76 Å². The molecule has 0 fully saturated rings. The van der Waals surface area contributed by atoms with Gasteiger partial charge in [-0.2, -0.15) is 5.10 Å². The molecule has 1 aromatic heterocycles. The van der Waals surface area contributed by atoms with Gasteiger partial charge in [-0.05, 0) is 51.0 Å². The molecule has 9 nitrogen and oxygen atoms in total. The zero-order chi connectivity index (χ0) is 23.5. The van der Waals surface area contributed by atoms with Gasteiger partial charge in [0.15, 0.2) is 0 Å². The predicted octanol–water partition coefficient (Wildman–Crippen LogP) is 4.49. The molecule has 1 amide bonds. The third kappa shape index (κ3) is 4.67. The lowest BCUT2D eigenvalue weighted by molar-refractivity contribution is -0.384. The van der Waals surface area contributed by atoms with Gasteiger partial charge in [0.05, 0.1) is 10.6 Å². The molecule has 33 heavy (non-hydrogen) atoms. The van der Waals surface area contributed by atoms with E-state index < -0.39 is 16.8 Å². The second-order valence-corrected chi connectivity index (χ2v) is 7.71. The Labute approximate surface area is 189 Å². The number of hydrogen-bond acceptors (Lipinski definition) is 7. The summed E-state index contributed by atoms with van der Waals surface area (Å²) in [5.74, 6) is 0.0585. The van der Waals surface area contributed by atoms with Crippen LogP contribution in [0.25, 0.3) is 0 Å². The maximum absolute atomic E-state index is 12.7. The van der Waals surface area contributed by atoms with Gasteiger partial charge in [0.25, 0.3) is 11.6 Å². The number of aryl methyl sites for hydroxylation is 2.